The Balaban J connectivity index is 2.23. The highest BCUT2D eigenvalue weighted by Crippen LogP contribution is 2.27. The maximum Gasteiger partial charge on any atom is 0.243 e. The summed E-state index contributed by atoms with van der Waals surface area (Å²) in [6, 6.07) is 4.71. The molecule has 6 nitrogen and oxygen atoms in total. The first-order valence-electron chi connectivity index (χ1n) is 7.25. The molecule has 1 heterocycles. The van der Waals surface area contributed by atoms with Gasteiger partial charge < -0.3 is 15.4 Å². The van der Waals surface area contributed by atoms with Crippen molar-refractivity contribution in [2.45, 2.75) is 24.8 Å². The Hall–Kier alpha value is -0.930. The molecule has 0 atom stereocenters. The number of nitrogens with one attached hydrogen (secondary N) is 2. The first-order chi connectivity index (χ1) is 10.8. The summed E-state index contributed by atoms with van der Waals surface area (Å²) in [4.78, 5) is 0.179. The van der Waals surface area contributed by atoms with Crippen molar-refractivity contribution >= 4 is 44.6 Å². The van der Waals surface area contributed by atoms with Crippen molar-refractivity contribution in [3.63, 3.8) is 0 Å². The Morgan fingerprint density at radius 2 is 2.00 bits per heavy atom. The van der Waals surface area contributed by atoms with Crippen molar-refractivity contribution in [1.82, 2.24) is 9.62 Å². The molecule has 9 heteroatoms. The normalized spacial score (nSPS) is 16.3. The van der Waals surface area contributed by atoms with E-state index in [4.69, 9.17) is 28.6 Å². The molecule has 1 saturated heterocycles. The van der Waals surface area contributed by atoms with Crippen LogP contribution in [-0.2, 0) is 14.8 Å². The molecule has 1 aliphatic rings. The molecule has 0 radical (unpaired) electrons. The van der Waals surface area contributed by atoms with Gasteiger partial charge in [-0.05, 0) is 44.3 Å². The summed E-state index contributed by atoms with van der Waals surface area (Å²) < 4.78 is 31.9. The van der Waals surface area contributed by atoms with E-state index < -0.39 is 10.0 Å². The third-order valence-electron chi connectivity index (χ3n) is 3.21. The minimum absolute atomic E-state index is 0.161. The SMILES string of the molecule is CC(C)NC(=S)Nc1cc(S(=O)(=O)N2CCOCC2)ccc1Cl. The monoisotopic (exact) mass is 377 g/mol. The minimum atomic E-state index is -3.57. The number of hydrogen-bond donors (Lipinski definition) is 2. The Morgan fingerprint density at radius 1 is 1.35 bits per heavy atom. The van der Waals surface area contributed by atoms with Crippen LogP contribution >= 0.6 is 23.8 Å². The van der Waals surface area contributed by atoms with E-state index in [1.165, 1.54) is 16.4 Å². The van der Waals surface area contributed by atoms with Crippen molar-refractivity contribution in [3.8, 4) is 0 Å². The third kappa shape index (κ3) is 4.77. The van der Waals surface area contributed by atoms with Crippen LogP contribution in [0.25, 0.3) is 0 Å². The number of hydrogen-bond acceptors (Lipinski definition) is 4. The van der Waals surface area contributed by atoms with Crippen LogP contribution in [-0.4, -0.2) is 50.2 Å². The molecule has 2 rings (SSSR count). The van der Waals surface area contributed by atoms with E-state index in [1.54, 1.807) is 6.07 Å². The van der Waals surface area contributed by atoms with Crippen LogP contribution < -0.4 is 10.6 Å². The quantitative estimate of drug-likeness (QED) is 0.782. The van der Waals surface area contributed by atoms with Crippen molar-refractivity contribution in [1.29, 1.82) is 0 Å². The van der Waals surface area contributed by atoms with E-state index in [0.717, 1.165) is 0 Å². The number of sulfonamides is 1. The standard InChI is InChI=1S/C14H20ClN3O3S2/c1-10(2)16-14(22)17-13-9-11(3-4-12(13)15)23(19,20)18-5-7-21-8-6-18/h3-4,9-10H,5-8H2,1-2H3,(H2,16,17,22). The van der Waals surface area contributed by atoms with Crippen molar-refractivity contribution < 1.29 is 13.2 Å². The zero-order valence-corrected chi connectivity index (χ0v) is 15.4. The van der Waals surface area contributed by atoms with Gasteiger partial charge in [0.25, 0.3) is 0 Å². The van der Waals surface area contributed by atoms with Crippen LogP contribution in [0.3, 0.4) is 0 Å². The Kier molecular flexibility index (Phi) is 6.21. The second-order valence-electron chi connectivity index (χ2n) is 5.41. The van der Waals surface area contributed by atoms with Crippen LogP contribution in [0.15, 0.2) is 23.1 Å². The van der Waals surface area contributed by atoms with Gasteiger partial charge in [0, 0.05) is 19.1 Å². The minimum Gasteiger partial charge on any atom is -0.379 e. The van der Waals surface area contributed by atoms with E-state index in [0.29, 0.717) is 42.1 Å². The van der Waals surface area contributed by atoms with E-state index in [2.05, 4.69) is 10.6 Å². The first kappa shape index (κ1) is 18.4. The molecular weight excluding hydrogens is 358 g/mol. The molecule has 0 saturated carbocycles. The molecule has 0 amide bonds. The lowest BCUT2D eigenvalue weighted by Gasteiger charge is -2.26. The largest absolute Gasteiger partial charge is 0.379 e. The molecule has 23 heavy (non-hydrogen) atoms. The molecule has 1 aromatic rings. The van der Waals surface area contributed by atoms with Gasteiger partial charge in [0.05, 0.1) is 28.8 Å². The highest BCUT2D eigenvalue weighted by Gasteiger charge is 2.26. The lowest BCUT2D eigenvalue weighted by atomic mass is 10.3. The average molecular weight is 378 g/mol. The lowest BCUT2D eigenvalue weighted by molar-refractivity contribution is 0.0730. The van der Waals surface area contributed by atoms with Gasteiger partial charge in [-0.1, -0.05) is 11.6 Å². The van der Waals surface area contributed by atoms with Crippen molar-refractivity contribution in [2.75, 3.05) is 31.6 Å². The highest BCUT2D eigenvalue weighted by molar-refractivity contribution is 7.89. The summed E-state index contributed by atoms with van der Waals surface area (Å²) >= 11 is 11.3. The molecule has 128 valence electrons. The van der Waals surface area contributed by atoms with E-state index >= 15 is 0 Å². The van der Waals surface area contributed by atoms with E-state index in [-0.39, 0.29) is 10.9 Å². The van der Waals surface area contributed by atoms with Crippen LogP contribution in [0.5, 0.6) is 0 Å². The number of thiocarbonyl (C=S) groups is 1. The average Bonchev–Trinajstić information content (AvgIpc) is 2.49. The van der Waals surface area contributed by atoms with Gasteiger partial charge in [-0.2, -0.15) is 4.31 Å². The van der Waals surface area contributed by atoms with Crippen molar-refractivity contribution in [2.24, 2.45) is 0 Å². The lowest BCUT2D eigenvalue weighted by Crippen LogP contribution is -2.40. The fourth-order valence-electron chi connectivity index (χ4n) is 2.12. The summed E-state index contributed by atoms with van der Waals surface area (Å²) in [5.74, 6) is 0. The molecule has 2 N–H and O–H groups in total. The second kappa shape index (κ2) is 7.76. The Labute approximate surface area is 147 Å². The van der Waals surface area contributed by atoms with Gasteiger partial charge in [-0.25, -0.2) is 8.42 Å². The van der Waals surface area contributed by atoms with Gasteiger partial charge in [-0.3, -0.25) is 0 Å². The second-order valence-corrected chi connectivity index (χ2v) is 8.16. The van der Waals surface area contributed by atoms with Crippen LogP contribution in [0.1, 0.15) is 13.8 Å². The molecule has 1 fully saturated rings. The first-order valence-corrected chi connectivity index (χ1v) is 9.48. The van der Waals surface area contributed by atoms with Crippen LogP contribution in [0, 0.1) is 0 Å². The maximum absolute atomic E-state index is 12.7. The summed E-state index contributed by atoms with van der Waals surface area (Å²) in [5.41, 5.74) is 0.458. The molecule has 0 aromatic heterocycles. The molecule has 1 aromatic carbocycles. The fourth-order valence-corrected chi connectivity index (χ4v) is 4.06. The number of ether oxygens (including phenoxy) is 1. The summed E-state index contributed by atoms with van der Waals surface area (Å²) in [7, 11) is -3.57. The van der Waals surface area contributed by atoms with Gasteiger partial charge in [0.2, 0.25) is 10.0 Å². The van der Waals surface area contributed by atoms with Crippen LogP contribution in [0.4, 0.5) is 5.69 Å². The topological polar surface area (TPSA) is 70.7 Å². The Morgan fingerprint density at radius 3 is 2.61 bits per heavy atom. The van der Waals surface area contributed by atoms with Gasteiger partial charge in [0.15, 0.2) is 5.11 Å². The molecule has 1 aliphatic heterocycles. The molecule has 0 spiro atoms. The predicted octanol–water partition coefficient (Wildman–Crippen LogP) is 2.06. The summed E-state index contributed by atoms with van der Waals surface area (Å²) in [5, 5.41) is 6.76. The maximum atomic E-state index is 12.7. The molecule has 0 bridgehead atoms. The number of rotatable bonds is 4. The Bertz CT molecular complexity index is 674. The predicted molar refractivity (Wildman–Crippen MR) is 95.5 cm³/mol. The van der Waals surface area contributed by atoms with E-state index in [9.17, 15) is 8.42 Å². The number of benzene rings is 1. The van der Waals surface area contributed by atoms with Crippen molar-refractivity contribution in [3.05, 3.63) is 23.2 Å². The van der Waals surface area contributed by atoms with E-state index in [1.807, 2.05) is 13.8 Å². The summed E-state index contributed by atoms with van der Waals surface area (Å²) in [6.07, 6.45) is 0. The smallest absolute Gasteiger partial charge is 0.243 e. The number of nitrogens with zero attached hydrogens (tertiary/aromatic N) is 1. The molecule has 0 unspecified atom stereocenters. The number of morpholine rings is 1. The third-order valence-corrected chi connectivity index (χ3v) is 5.66. The molecular formula is C14H20ClN3O3S2. The van der Waals surface area contributed by atoms with Gasteiger partial charge >= 0.3 is 0 Å². The number of anilines is 1. The zero-order chi connectivity index (χ0) is 17.0. The van der Waals surface area contributed by atoms with Crippen LogP contribution in [0.2, 0.25) is 5.02 Å². The number of halogens is 1. The van der Waals surface area contributed by atoms with Gasteiger partial charge in [0.1, 0.15) is 0 Å². The fraction of sp³-hybridized carbons (Fsp3) is 0.500. The zero-order valence-electron chi connectivity index (χ0n) is 13.0. The summed E-state index contributed by atoms with van der Waals surface area (Å²) in [6.45, 7) is 5.41. The highest BCUT2D eigenvalue weighted by atomic mass is 35.5. The van der Waals surface area contributed by atoms with Gasteiger partial charge in [-0.15, -0.1) is 0 Å². The molecule has 0 aliphatic carbocycles.